The fraction of sp³-hybridized carbons (Fsp3) is 0.263. The van der Waals surface area contributed by atoms with Gasteiger partial charge in [0.05, 0.1) is 27.9 Å². The largest absolute Gasteiger partial charge is 0.497 e. The van der Waals surface area contributed by atoms with Gasteiger partial charge in [0.2, 0.25) is 0 Å². The van der Waals surface area contributed by atoms with Gasteiger partial charge in [-0.1, -0.05) is 34.5 Å². The van der Waals surface area contributed by atoms with Crippen LogP contribution in [0.3, 0.4) is 0 Å². The minimum atomic E-state index is -0.227. The second-order valence-electron chi connectivity index (χ2n) is 6.21. The number of carbonyl (C=O) groups excluding carboxylic acids is 1. The molecule has 3 rings (SSSR count). The van der Waals surface area contributed by atoms with Crippen LogP contribution in [0.4, 0.5) is 5.13 Å². The van der Waals surface area contributed by atoms with E-state index in [1.54, 1.807) is 30.2 Å². The highest BCUT2D eigenvalue weighted by Gasteiger charge is 2.23. The summed E-state index contributed by atoms with van der Waals surface area (Å²) in [6, 6.07) is 10.5. The highest BCUT2D eigenvalue weighted by Crippen LogP contribution is 2.33. The molecule has 0 radical (unpaired) electrons. The number of carbonyl (C=O) groups is 1. The second kappa shape index (κ2) is 9.76. The number of aromatic nitrogens is 1. The zero-order valence-corrected chi connectivity index (χ0v) is 18.8. The Morgan fingerprint density at radius 2 is 1.89 bits per heavy atom. The Hall–Kier alpha value is -1.57. The minimum Gasteiger partial charge on any atom is -0.497 e. The van der Waals surface area contributed by atoms with E-state index in [2.05, 4.69) is 4.98 Å². The Morgan fingerprint density at radius 1 is 1.14 bits per heavy atom. The van der Waals surface area contributed by atoms with E-state index >= 15 is 0 Å². The predicted octanol–water partition coefficient (Wildman–Crippen LogP) is 5.24. The lowest BCUT2D eigenvalue weighted by molar-refractivity contribution is 0.0985. The Morgan fingerprint density at radius 3 is 2.57 bits per heavy atom. The Kier molecular flexibility index (Phi) is 7.92. The fourth-order valence-electron chi connectivity index (χ4n) is 2.53. The molecule has 3 aromatic rings. The summed E-state index contributed by atoms with van der Waals surface area (Å²) in [5, 5.41) is 1.44. The van der Waals surface area contributed by atoms with Crippen molar-refractivity contribution < 1.29 is 9.53 Å². The van der Waals surface area contributed by atoms with Crippen LogP contribution in [-0.4, -0.2) is 50.1 Å². The molecule has 9 heteroatoms. The van der Waals surface area contributed by atoms with Crippen molar-refractivity contribution in [2.24, 2.45) is 0 Å². The van der Waals surface area contributed by atoms with E-state index < -0.39 is 0 Å². The summed E-state index contributed by atoms with van der Waals surface area (Å²) in [5.74, 6) is 0.525. The van der Waals surface area contributed by atoms with Crippen molar-refractivity contribution in [2.75, 3.05) is 39.2 Å². The first-order valence-electron chi connectivity index (χ1n) is 8.25. The number of benzene rings is 2. The van der Waals surface area contributed by atoms with Crippen molar-refractivity contribution in [3.63, 3.8) is 0 Å². The number of likely N-dealkylation sites (N-methyl/N-ethyl adjacent to an activating group) is 1. The molecule has 0 aliphatic rings. The lowest BCUT2D eigenvalue weighted by Gasteiger charge is -2.22. The zero-order valence-electron chi connectivity index (χ0n) is 15.6. The molecule has 5 nitrogen and oxygen atoms in total. The molecule has 0 saturated carbocycles. The maximum atomic E-state index is 13.2. The summed E-state index contributed by atoms with van der Waals surface area (Å²) in [6.45, 7) is 1.16. The molecule has 0 saturated heterocycles. The first kappa shape index (κ1) is 22.7. The summed E-state index contributed by atoms with van der Waals surface area (Å²) in [7, 11) is 5.54. The van der Waals surface area contributed by atoms with E-state index in [4.69, 9.17) is 27.9 Å². The number of methoxy groups -OCH3 is 1. The van der Waals surface area contributed by atoms with Gasteiger partial charge in [0, 0.05) is 18.1 Å². The van der Waals surface area contributed by atoms with Gasteiger partial charge in [-0.15, -0.1) is 12.4 Å². The monoisotopic (exact) mass is 459 g/mol. The van der Waals surface area contributed by atoms with Crippen LogP contribution in [-0.2, 0) is 0 Å². The van der Waals surface area contributed by atoms with Crippen molar-refractivity contribution in [3.8, 4) is 5.75 Å². The Labute approximate surface area is 184 Å². The summed E-state index contributed by atoms with van der Waals surface area (Å²) >= 11 is 13.8. The molecule has 0 atom stereocenters. The number of nitrogens with zero attached hydrogens (tertiary/aromatic N) is 3. The van der Waals surface area contributed by atoms with Crippen LogP contribution in [0.2, 0.25) is 10.0 Å². The molecular formula is C19H20Cl3N3O2S. The number of hydrogen-bond donors (Lipinski definition) is 0. The van der Waals surface area contributed by atoms with E-state index in [9.17, 15) is 4.79 Å². The molecule has 0 bridgehead atoms. The summed E-state index contributed by atoms with van der Waals surface area (Å²) in [5.41, 5.74) is 1.18. The average Bonchev–Trinajstić information content (AvgIpc) is 3.06. The molecule has 0 aliphatic heterocycles. The van der Waals surface area contributed by atoms with Crippen LogP contribution >= 0.6 is 46.9 Å². The van der Waals surface area contributed by atoms with Gasteiger partial charge in [-0.3, -0.25) is 9.69 Å². The number of thiazole rings is 1. The predicted molar refractivity (Wildman–Crippen MR) is 120 cm³/mol. The first-order valence-corrected chi connectivity index (χ1v) is 9.82. The molecule has 0 fully saturated rings. The topological polar surface area (TPSA) is 45.7 Å². The van der Waals surface area contributed by atoms with Crippen LogP contribution in [0, 0.1) is 0 Å². The first-order chi connectivity index (χ1) is 12.9. The maximum Gasteiger partial charge on any atom is 0.261 e. The van der Waals surface area contributed by atoms with Crippen LogP contribution < -0.4 is 9.64 Å². The molecule has 1 amide bonds. The molecule has 2 aromatic carbocycles. The van der Waals surface area contributed by atoms with E-state index in [1.807, 2.05) is 37.2 Å². The Bertz CT molecular complexity index is 978. The van der Waals surface area contributed by atoms with E-state index in [1.165, 1.54) is 11.3 Å². The minimum absolute atomic E-state index is 0. The number of halogens is 3. The summed E-state index contributed by atoms with van der Waals surface area (Å²) in [6.07, 6.45) is 0. The third-order valence-electron chi connectivity index (χ3n) is 3.99. The number of hydrogen-bond acceptors (Lipinski definition) is 5. The maximum absolute atomic E-state index is 13.2. The molecule has 0 aliphatic carbocycles. The number of fused-ring (bicyclic) bond motifs is 1. The number of rotatable bonds is 6. The quantitative estimate of drug-likeness (QED) is 0.504. The van der Waals surface area contributed by atoms with E-state index in [-0.39, 0.29) is 18.3 Å². The van der Waals surface area contributed by atoms with Gasteiger partial charge in [0.15, 0.2) is 5.13 Å². The number of ether oxygens (including phenoxy) is 1. The molecule has 150 valence electrons. The Balaban J connectivity index is 0.00000280. The van der Waals surface area contributed by atoms with Crippen molar-refractivity contribution in [3.05, 3.63) is 52.0 Å². The third kappa shape index (κ3) is 5.07. The normalized spacial score (nSPS) is 10.8. The number of amides is 1. The van der Waals surface area contributed by atoms with Crippen LogP contribution in [0.1, 0.15) is 10.4 Å². The van der Waals surface area contributed by atoms with Gasteiger partial charge in [-0.05, 0) is 50.5 Å². The molecule has 0 spiro atoms. The lowest BCUT2D eigenvalue weighted by atomic mass is 10.2. The summed E-state index contributed by atoms with van der Waals surface area (Å²) in [4.78, 5) is 21.5. The molecule has 1 aromatic heterocycles. The smallest absolute Gasteiger partial charge is 0.261 e. The standard InChI is InChI=1S/C19H19Cl2N3O2S.ClH/c1-23(2)8-9-24(18(25)14-10-12(20)4-6-15(14)21)19-22-16-7-5-13(26-3)11-17(16)27-19;/h4-7,10-11H,8-9H2,1-3H3;1H. The number of anilines is 1. The fourth-order valence-corrected chi connectivity index (χ4v) is 3.91. The highest BCUT2D eigenvalue weighted by atomic mass is 35.5. The third-order valence-corrected chi connectivity index (χ3v) is 5.60. The van der Waals surface area contributed by atoms with E-state index in [0.29, 0.717) is 33.8 Å². The van der Waals surface area contributed by atoms with Gasteiger partial charge in [-0.25, -0.2) is 4.98 Å². The van der Waals surface area contributed by atoms with Crippen LogP contribution in [0.15, 0.2) is 36.4 Å². The second-order valence-corrected chi connectivity index (χ2v) is 8.07. The molecule has 28 heavy (non-hydrogen) atoms. The molecule has 1 heterocycles. The molecule has 0 N–H and O–H groups in total. The SMILES string of the molecule is COc1ccc2nc(N(CCN(C)C)C(=O)c3cc(Cl)ccc3Cl)sc2c1.Cl. The van der Waals surface area contributed by atoms with Crippen molar-refractivity contribution in [1.29, 1.82) is 0 Å². The molecule has 0 unspecified atom stereocenters. The summed E-state index contributed by atoms with van der Waals surface area (Å²) < 4.78 is 6.22. The van der Waals surface area contributed by atoms with Gasteiger partial charge < -0.3 is 9.64 Å². The van der Waals surface area contributed by atoms with Crippen LogP contribution in [0.5, 0.6) is 5.75 Å². The zero-order chi connectivity index (χ0) is 19.6. The van der Waals surface area contributed by atoms with Gasteiger partial charge in [0.25, 0.3) is 5.91 Å². The van der Waals surface area contributed by atoms with E-state index in [0.717, 1.165) is 16.0 Å². The molecular weight excluding hydrogens is 441 g/mol. The van der Waals surface area contributed by atoms with Gasteiger partial charge in [0.1, 0.15) is 5.75 Å². The lowest BCUT2D eigenvalue weighted by Crippen LogP contribution is -2.36. The van der Waals surface area contributed by atoms with Crippen molar-refractivity contribution in [2.45, 2.75) is 0 Å². The van der Waals surface area contributed by atoms with Gasteiger partial charge in [-0.2, -0.15) is 0 Å². The van der Waals surface area contributed by atoms with Crippen molar-refractivity contribution >= 4 is 68.2 Å². The van der Waals surface area contributed by atoms with Gasteiger partial charge >= 0.3 is 0 Å². The highest BCUT2D eigenvalue weighted by molar-refractivity contribution is 7.22. The van der Waals surface area contributed by atoms with Crippen molar-refractivity contribution in [1.82, 2.24) is 9.88 Å². The van der Waals surface area contributed by atoms with Crippen LogP contribution in [0.25, 0.3) is 10.2 Å². The average molecular weight is 461 g/mol.